The van der Waals surface area contributed by atoms with Crippen LogP contribution in [0.25, 0.3) is 60.6 Å². The number of allylic oxidation sites excluding steroid dienone is 3. The number of hydrogen-bond acceptors (Lipinski definition) is 5. The van der Waals surface area contributed by atoms with Crippen LogP contribution in [-0.2, 0) is 10.2 Å². The Hall–Kier alpha value is -7.46. The fraction of sp³-hybridized carbons (Fsp3) is 0.154. The Kier molecular flexibility index (Phi) is 6.65. The summed E-state index contributed by atoms with van der Waals surface area (Å²) >= 11 is 0. The van der Waals surface area contributed by atoms with E-state index in [4.69, 9.17) is 9.15 Å². The minimum absolute atomic E-state index is 0.0267. The van der Waals surface area contributed by atoms with Gasteiger partial charge >= 0.3 is 0 Å². The molecule has 6 heteroatoms. The van der Waals surface area contributed by atoms with Gasteiger partial charge in [-0.25, -0.2) is 0 Å². The van der Waals surface area contributed by atoms with E-state index in [1.54, 1.807) is 0 Å². The highest BCUT2D eigenvalue weighted by atomic mass is 16.5. The third-order valence-corrected chi connectivity index (χ3v) is 13.1. The zero-order chi connectivity index (χ0) is 38.9. The average molecular weight is 747 g/mol. The maximum absolute atomic E-state index is 10.5. The summed E-state index contributed by atoms with van der Waals surface area (Å²) in [6.07, 6.45) is 8.72. The van der Waals surface area contributed by atoms with E-state index in [9.17, 15) is 10.5 Å². The standard InChI is InChI=1S/C52H34N4O2/c1-30-15-16-48-40(17-30)42-27-52(2)43-11-5-7-13-45(43)56(51(52)26-50(42)58-48)36-21-32(29-54)19-34(23-36)33-18-31(28-53)20-35(22-33)55-44-12-6-3-9-37(44)39-24-41-38-10-4-8-14-47(38)57-49(41)25-46(39)55/h3-5,7-11,13-16,18-26,30,42,51H,17,27H2,1-2H3/t30-,42?,51?,52+/m0/s1. The SMILES string of the molecule is C[C@H]1C=CC2=C(C1)C1C[C@]3(C)c4ccccc4N(c4cc(C#N)cc(-c5cc(C#N)cc(-n6c7c#cccc7c7cc8c(cc76)oc6ccccc68)c5)c4)C3C=C1O2. The van der Waals surface area contributed by atoms with Crippen molar-refractivity contribution in [2.45, 2.75) is 38.1 Å². The Bertz CT molecular complexity index is 3310. The number of ether oxygens (including phenoxy) is 1. The first-order valence-corrected chi connectivity index (χ1v) is 19.9. The molecule has 2 unspecified atom stereocenters. The van der Waals surface area contributed by atoms with Crippen molar-refractivity contribution >= 4 is 55.1 Å². The van der Waals surface area contributed by atoms with Crippen molar-refractivity contribution in [2.75, 3.05) is 4.90 Å². The van der Waals surface area contributed by atoms with E-state index in [1.165, 1.54) is 11.1 Å². The summed E-state index contributed by atoms with van der Waals surface area (Å²) in [6, 6.07) is 48.5. The Morgan fingerprint density at radius 2 is 1.57 bits per heavy atom. The molecule has 4 heterocycles. The van der Waals surface area contributed by atoms with E-state index in [-0.39, 0.29) is 17.4 Å². The van der Waals surface area contributed by atoms with Crippen LogP contribution in [0.5, 0.6) is 0 Å². The average Bonchev–Trinajstić information content (AvgIpc) is 3.97. The molecule has 58 heavy (non-hydrogen) atoms. The summed E-state index contributed by atoms with van der Waals surface area (Å²) in [5.41, 5.74) is 11.6. The van der Waals surface area contributed by atoms with Crippen molar-refractivity contribution in [2.24, 2.45) is 11.8 Å². The Morgan fingerprint density at radius 3 is 2.41 bits per heavy atom. The Labute approximate surface area is 335 Å². The highest BCUT2D eigenvalue weighted by molar-refractivity contribution is 6.17. The first-order valence-electron chi connectivity index (χ1n) is 19.9. The maximum Gasteiger partial charge on any atom is 0.137 e. The predicted molar refractivity (Wildman–Crippen MR) is 228 cm³/mol. The number of para-hydroxylation sites is 2. The molecule has 6 nitrogen and oxygen atoms in total. The van der Waals surface area contributed by atoms with Gasteiger partial charge in [-0.05, 0) is 126 Å². The fourth-order valence-corrected chi connectivity index (χ4v) is 10.4. The van der Waals surface area contributed by atoms with Crippen LogP contribution in [0.3, 0.4) is 0 Å². The van der Waals surface area contributed by atoms with Crippen molar-refractivity contribution in [3.63, 3.8) is 0 Å². The minimum atomic E-state index is -0.188. The molecule has 2 aliphatic heterocycles. The van der Waals surface area contributed by atoms with E-state index in [2.05, 4.69) is 126 Å². The first-order chi connectivity index (χ1) is 28.4. The lowest BCUT2D eigenvalue weighted by atomic mass is 9.66. The molecule has 0 radical (unpaired) electrons. The molecule has 0 fully saturated rings. The fourth-order valence-electron chi connectivity index (χ4n) is 10.4. The molecule has 4 atom stereocenters. The number of hydrogen-bond donors (Lipinski definition) is 0. The minimum Gasteiger partial charge on any atom is -0.461 e. The molecular weight excluding hydrogens is 713 g/mol. The summed E-state index contributed by atoms with van der Waals surface area (Å²) in [5.74, 6) is 2.79. The van der Waals surface area contributed by atoms with Gasteiger partial charge in [-0.1, -0.05) is 62.4 Å². The number of anilines is 2. The second-order valence-electron chi connectivity index (χ2n) is 16.5. The number of nitriles is 2. The molecule has 0 N–H and O–H groups in total. The first kappa shape index (κ1) is 32.8. The van der Waals surface area contributed by atoms with Crippen molar-refractivity contribution < 1.29 is 9.15 Å². The number of aromatic nitrogens is 1. The number of fused-ring (bicyclic) bond motifs is 11. The molecule has 12 rings (SSSR count). The zero-order valence-corrected chi connectivity index (χ0v) is 31.9. The summed E-state index contributed by atoms with van der Waals surface area (Å²) in [7, 11) is 0. The van der Waals surface area contributed by atoms with Gasteiger partial charge in [0.05, 0.1) is 34.8 Å². The maximum atomic E-state index is 10.5. The third-order valence-electron chi connectivity index (χ3n) is 13.1. The van der Waals surface area contributed by atoms with E-state index in [0.717, 1.165) is 96.3 Å². The Morgan fingerprint density at radius 1 is 0.793 bits per heavy atom. The van der Waals surface area contributed by atoms with Gasteiger partial charge in [-0.2, -0.15) is 10.5 Å². The van der Waals surface area contributed by atoms with Crippen LogP contribution in [0.15, 0.2) is 149 Å². The smallest absolute Gasteiger partial charge is 0.137 e. The number of furan rings is 1. The molecule has 6 aromatic carbocycles. The third kappa shape index (κ3) is 4.53. The van der Waals surface area contributed by atoms with Crippen LogP contribution < -0.4 is 4.90 Å². The van der Waals surface area contributed by atoms with Crippen LogP contribution in [0, 0.1) is 46.6 Å². The second-order valence-corrected chi connectivity index (χ2v) is 16.5. The number of nitrogens with zero attached hydrogens (tertiary/aromatic N) is 4. The van der Waals surface area contributed by atoms with Crippen molar-refractivity contribution in [3.8, 4) is 29.0 Å². The topological polar surface area (TPSA) is 78.1 Å². The van der Waals surface area contributed by atoms with E-state index in [0.29, 0.717) is 17.0 Å². The quantitative estimate of drug-likeness (QED) is 0.180. The number of rotatable bonds is 3. The van der Waals surface area contributed by atoms with Crippen LogP contribution in [0.4, 0.5) is 11.4 Å². The molecule has 4 aliphatic rings. The van der Waals surface area contributed by atoms with Gasteiger partial charge in [0.25, 0.3) is 0 Å². The van der Waals surface area contributed by atoms with E-state index < -0.39 is 0 Å². The normalized spacial score (nSPS) is 21.6. The summed E-state index contributed by atoms with van der Waals surface area (Å²) in [4.78, 5) is 2.40. The number of benzene rings is 5. The molecule has 0 saturated carbocycles. The van der Waals surface area contributed by atoms with Crippen LogP contribution >= 0.6 is 0 Å². The van der Waals surface area contributed by atoms with Crippen LogP contribution in [0.1, 0.15) is 43.4 Å². The largest absolute Gasteiger partial charge is 0.461 e. The van der Waals surface area contributed by atoms with Crippen LogP contribution in [-0.4, -0.2) is 10.6 Å². The highest BCUT2D eigenvalue weighted by Crippen LogP contribution is 2.59. The van der Waals surface area contributed by atoms with Crippen molar-refractivity contribution in [1.29, 1.82) is 10.5 Å². The van der Waals surface area contributed by atoms with Gasteiger partial charge in [0, 0.05) is 56.0 Å². The molecule has 0 amide bonds. The monoisotopic (exact) mass is 746 g/mol. The summed E-state index contributed by atoms with van der Waals surface area (Å²) in [6.45, 7) is 4.66. The Balaban J connectivity index is 1.03. The van der Waals surface area contributed by atoms with Gasteiger partial charge in [0.2, 0.25) is 0 Å². The zero-order valence-electron chi connectivity index (χ0n) is 31.9. The molecule has 0 spiro atoms. The molecule has 0 bridgehead atoms. The van der Waals surface area contributed by atoms with Gasteiger partial charge in [0.15, 0.2) is 0 Å². The molecular formula is C52H34N4O2. The van der Waals surface area contributed by atoms with Gasteiger partial charge in [0.1, 0.15) is 28.2 Å². The van der Waals surface area contributed by atoms with Crippen molar-refractivity contribution in [1.82, 2.24) is 4.57 Å². The molecule has 2 aliphatic carbocycles. The molecule has 274 valence electrons. The summed E-state index contributed by atoms with van der Waals surface area (Å²) < 4.78 is 15.1. The van der Waals surface area contributed by atoms with Crippen LogP contribution in [0.2, 0.25) is 0 Å². The van der Waals surface area contributed by atoms with Gasteiger partial charge in [-0.3, -0.25) is 0 Å². The molecule has 2 aromatic heterocycles. The lowest BCUT2D eigenvalue weighted by Gasteiger charge is -2.41. The highest BCUT2D eigenvalue weighted by Gasteiger charge is 2.54. The lowest BCUT2D eigenvalue weighted by molar-refractivity contribution is 0.260. The molecule has 0 saturated heterocycles. The molecule has 8 aromatic rings. The van der Waals surface area contributed by atoms with Crippen molar-refractivity contribution in [3.05, 3.63) is 173 Å². The van der Waals surface area contributed by atoms with Gasteiger partial charge in [-0.15, -0.1) is 0 Å². The second kappa shape index (κ2) is 11.8. The van der Waals surface area contributed by atoms with E-state index >= 15 is 0 Å². The van der Waals surface area contributed by atoms with Gasteiger partial charge < -0.3 is 18.6 Å². The predicted octanol–water partition coefficient (Wildman–Crippen LogP) is 12.3. The summed E-state index contributed by atoms with van der Waals surface area (Å²) in [5, 5.41) is 25.2. The lowest BCUT2D eigenvalue weighted by Crippen LogP contribution is -2.44. The van der Waals surface area contributed by atoms with E-state index in [1.807, 2.05) is 48.5 Å².